The van der Waals surface area contributed by atoms with Gasteiger partial charge in [0.2, 0.25) is 5.91 Å². The van der Waals surface area contributed by atoms with Crippen molar-refractivity contribution in [1.82, 2.24) is 4.31 Å². The predicted octanol–water partition coefficient (Wildman–Crippen LogP) is 2.27. The molecule has 8 nitrogen and oxygen atoms in total. The van der Waals surface area contributed by atoms with Crippen LogP contribution in [0.2, 0.25) is 0 Å². The molecule has 1 amide bonds. The molecule has 1 aromatic carbocycles. The standard InChI is InChI=1S/C19H23N3O5S2/c1-21(2)29(25,26)22(13-8-5-4-6-9-13)12-16(23)20-18-17(19(24)27-3)14-10-7-11-15(14)28-18/h4-6,8-9H,7,10-12H2,1-3H3,(H,20,23). The van der Waals surface area contributed by atoms with Crippen LogP contribution in [0, 0.1) is 0 Å². The topological polar surface area (TPSA) is 96.0 Å². The third-order valence-electron chi connectivity index (χ3n) is 4.64. The number of carbonyl (C=O) groups is 2. The number of benzene rings is 1. The zero-order chi connectivity index (χ0) is 21.2. The van der Waals surface area contributed by atoms with E-state index < -0.39 is 28.6 Å². The molecule has 0 unspecified atom stereocenters. The first-order valence-corrected chi connectivity index (χ1v) is 11.2. The van der Waals surface area contributed by atoms with Gasteiger partial charge in [-0.25, -0.2) is 9.10 Å². The van der Waals surface area contributed by atoms with Crippen LogP contribution in [0.1, 0.15) is 27.2 Å². The van der Waals surface area contributed by atoms with Crippen molar-refractivity contribution in [3.8, 4) is 0 Å². The summed E-state index contributed by atoms with van der Waals surface area (Å²) in [6.07, 6.45) is 2.57. The number of para-hydroxylation sites is 1. The molecule has 1 aliphatic carbocycles. The molecule has 0 saturated carbocycles. The van der Waals surface area contributed by atoms with E-state index >= 15 is 0 Å². The van der Waals surface area contributed by atoms with Crippen LogP contribution in [0.15, 0.2) is 30.3 Å². The number of nitrogens with zero attached hydrogens (tertiary/aromatic N) is 2. The Bertz CT molecular complexity index is 1020. The Labute approximate surface area is 174 Å². The number of esters is 1. The lowest BCUT2D eigenvalue weighted by Gasteiger charge is -2.26. The molecule has 10 heteroatoms. The molecule has 3 rings (SSSR count). The molecule has 2 aromatic rings. The maximum absolute atomic E-state index is 12.8. The lowest BCUT2D eigenvalue weighted by atomic mass is 10.1. The summed E-state index contributed by atoms with van der Waals surface area (Å²) in [6.45, 7) is -0.423. The first-order valence-electron chi connectivity index (χ1n) is 9.03. The van der Waals surface area contributed by atoms with Gasteiger partial charge in [-0.3, -0.25) is 4.79 Å². The number of carbonyl (C=O) groups excluding carboxylic acids is 2. The van der Waals surface area contributed by atoms with E-state index in [1.807, 2.05) is 0 Å². The van der Waals surface area contributed by atoms with Crippen LogP contribution in [0.5, 0.6) is 0 Å². The van der Waals surface area contributed by atoms with Crippen molar-refractivity contribution in [3.63, 3.8) is 0 Å². The summed E-state index contributed by atoms with van der Waals surface area (Å²) in [6, 6.07) is 8.40. The van der Waals surface area contributed by atoms with Gasteiger partial charge in [0.25, 0.3) is 0 Å². The number of amides is 1. The van der Waals surface area contributed by atoms with Crippen molar-refractivity contribution in [1.29, 1.82) is 0 Å². The highest BCUT2D eigenvalue weighted by molar-refractivity contribution is 7.90. The van der Waals surface area contributed by atoms with E-state index in [1.54, 1.807) is 30.3 Å². The third kappa shape index (κ3) is 4.29. The summed E-state index contributed by atoms with van der Waals surface area (Å²) >= 11 is 1.35. The number of ether oxygens (including phenoxy) is 1. The zero-order valence-corrected chi connectivity index (χ0v) is 18.1. The summed E-state index contributed by atoms with van der Waals surface area (Å²) in [5.41, 5.74) is 1.66. The molecule has 1 aromatic heterocycles. The Morgan fingerprint density at radius 2 is 1.86 bits per heavy atom. The van der Waals surface area contributed by atoms with Gasteiger partial charge in [0.05, 0.1) is 18.4 Å². The van der Waals surface area contributed by atoms with Gasteiger partial charge in [-0.2, -0.15) is 12.7 Å². The number of aryl methyl sites for hydroxylation is 1. The molecular weight excluding hydrogens is 414 g/mol. The van der Waals surface area contributed by atoms with E-state index in [1.165, 1.54) is 32.5 Å². The molecule has 0 fully saturated rings. The molecule has 1 N–H and O–H groups in total. The lowest BCUT2D eigenvalue weighted by Crippen LogP contribution is -2.44. The van der Waals surface area contributed by atoms with Crippen LogP contribution in [-0.4, -0.2) is 52.3 Å². The van der Waals surface area contributed by atoms with E-state index in [4.69, 9.17) is 4.74 Å². The molecule has 1 aliphatic rings. The van der Waals surface area contributed by atoms with E-state index in [9.17, 15) is 18.0 Å². The van der Waals surface area contributed by atoms with Crippen LogP contribution in [-0.2, 0) is 32.6 Å². The molecule has 0 saturated heterocycles. The number of thiophene rings is 1. The minimum absolute atomic E-state index is 0.373. The van der Waals surface area contributed by atoms with Crippen molar-refractivity contribution < 1.29 is 22.7 Å². The molecule has 0 atom stereocenters. The fraction of sp³-hybridized carbons (Fsp3) is 0.368. The van der Waals surface area contributed by atoms with Crippen LogP contribution in [0.25, 0.3) is 0 Å². The average Bonchev–Trinajstić information content (AvgIpc) is 3.26. The molecule has 156 valence electrons. The monoisotopic (exact) mass is 437 g/mol. The van der Waals surface area contributed by atoms with Crippen molar-refractivity contribution in [2.75, 3.05) is 37.4 Å². The first kappa shape index (κ1) is 21.3. The summed E-state index contributed by atoms with van der Waals surface area (Å²) < 4.78 is 32.5. The summed E-state index contributed by atoms with van der Waals surface area (Å²) in [5, 5.41) is 3.13. The second-order valence-electron chi connectivity index (χ2n) is 6.73. The fourth-order valence-electron chi connectivity index (χ4n) is 3.20. The highest BCUT2D eigenvalue weighted by Crippen LogP contribution is 2.39. The van der Waals surface area contributed by atoms with Gasteiger partial charge in [0.1, 0.15) is 11.5 Å². The van der Waals surface area contributed by atoms with Crippen LogP contribution in [0.4, 0.5) is 10.7 Å². The minimum atomic E-state index is -3.89. The van der Waals surface area contributed by atoms with E-state index in [0.29, 0.717) is 16.3 Å². The van der Waals surface area contributed by atoms with E-state index in [0.717, 1.165) is 38.3 Å². The minimum Gasteiger partial charge on any atom is -0.465 e. The summed E-state index contributed by atoms with van der Waals surface area (Å²) in [4.78, 5) is 26.1. The van der Waals surface area contributed by atoms with Gasteiger partial charge in [0.15, 0.2) is 0 Å². The van der Waals surface area contributed by atoms with Gasteiger partial charge in [-0.15, -0.1) is 11.3 Å². The molecule has 29 heavy (non-hydrogen) atoms. The Morgan fingerprint density at radius 1 is 1.17 bits per heavy atom. The second-order valence-corrected chi connectivity index (χ2v) is 9.91. The van der Waals surface area contributed by atoms with Gasteiger partial charge in [-0.1, -0.05) is 18.2 Å². The van der Waals surface area contributed by atoms with E-state index in [-0.39, 0.29) is 0 Å². The number of hydrogen-bond donors (Lipinski definition) is 1. The van der Waals surface area contributed by atoms with Gasteiger partial charge in [-0.05, 0) is 37.0 Å². The van der Waals surface area contributed by atoms with E-state index in [2.05, 4.69) is 5.32 Å². The SMILES string of the molecule is COC(=O)c1c(NC(=O)CN(c2ccccc2)S(=O)(=O)N(C)C)sc2c1CCC2. The third-order valence-corrected chi connectivity index (χ3v) is 7.66. The van der Waals surface area contributed by atoms with Crippen LogP contribution in [0.3, 0.4) is 0 Å². The van der Waals surface area contributed by atoms with Gasteiger partial charge < -0.3 is 10.1 Å². The van der Waals surface area contributed by atoms with Gasteiger partial charge in [0, 0.05) is 19.0 Å². The molecule has 0 aliphatic heterocycles. The van der Waals surface area contributed by atoms with Crippen molar-refractivity contribution in [2.45, 2.75) is 19.3 Å². The molecule has 0 bridgehead atoms. The van der Waals surface area contributed by atoms with Crippen LogP contribution >= 0.6 is 11.3 Å². The maximum atomic E-state index is 12.8. The molecular formula is C19H23N3O5S2. The number of hydrogen-bond acceptors (Lipinski definition) is 6. The predicted molar refractivity (Wildman–Crippen MR) is 113 cm³/mol. The highest BCUT2D eigenvalue weighted by Gasteiger charge is 2.30. The van der Waals surface area contributed by atoms with Gasteiger partial charge >= 0.3 is 16.2 Å². The zero-order valence-electron chi connectivity index (χ0n) is 16.5. The number of nitrogens with one attached hydrogen (secondary N) is 1. The Balaban J connectivity index is 1.88. The maximum Gasteiger partial charge on any atom is 0.341 e. The number of fused-ring (bicyclic) bond motifs is 1. The second kappa shape index (κ2) is 8.52. The average molecular weight is 438 g/mol. The van der Waals surface area contributed by atoms with Crippen molar-refractivity contribution in [3.05, 3.63) is 46.3 Å². The molecule has 0 radical (unpaired) electrons. The molecule has 1 heterocycles. The lowest BCUT2D eigenvalue weighted by molar-refractivity contribution is -0.114. The highest BCUT2D eigenvalue weighted by atomic mass is 32.2. The fourth-order valence-corrected chi connectivity index (χ4v) is 5.56. The largest absolute Gasteiger partial charge is 0.465 e. The van der Waals surface area contributed by atoms with Crippen molar-refractivity contribution in [2.24, 2.45) is 0 Å². The summed E-state index contributed by atoms with van der Waals surface area (Å²) in [5.74, 6) is -1.04. The number of anilines is 2. The normalized spacial score (nSPS) is 13.2. The van der Waals surface area contributed by atoms with Crippen molar-refractivity contribution >= 4 is 44.1 Å². The number of rotatable bonds is 7. The Kier molecular flexibility index (Phi) is 6.25. The Morgan fingerprint density at radius 3 is 2.48 bits per heavy atom. The summed E-state index contributed by atoms with van der Waals surface area (Å²) in [7, 11) is 0.220. The number of methoxy groups -OCH3 is 1. The first-order chi connectivity index (χ1) is 13.8. The Hall–Kier alpha value is -2.43. The smallest absolute Gasteiger partial charge is 0.341 e. The molecule has 0 spiro atoms. The van der Waals surface area contributed by atoms with Crippen LogP contribution < -0.4 is 9.62 Å². The quantitative estimate of drug-likeness (QED) is 0.671.